The van der Waals surface area contributed by atoms with Gasteiger partial charge in [0.1, 0.15) is 5.82 Å². The molecule has 1 aromatic carbocycles. The Morgan fingerprint density at radius 1 is 1.24 bits per heavy atom. The van der Waals surface area contributed by atoms with Gasteiger partial charge in [-0.1, -0.05) is 18.2 Å². The third-order valence-electron chi connectivity index (χ3n) is 6.77. The third kappa shape index (κ3) is 6.30. The Hall–Kier alpha value is -2.98. The van der Waals surface area contributed by atoms with Crippen LogP contribution in [-0.4, -0.2) is 78.1 Å². The molecule has 2 aromatic heterocycles. The molecule has 8 nitrogen and oxygen atoms in total. The molecule has 1 fully saturated rings. The number of carbonyl (C=O) groups is 2. The number of rotatable bonds is 7. The summed E-state index contributed by atoms with van der Waals surface area (Å²) in [6, 6.07) is 10.2. The lowest BCUT2D eigenvalue weighted by atomic mass is 10.1. The number of amides is 3. The van der Waals surface area contributed by atoms with Crippen LogP contribution in [0.3, 0.4) is 0 Å². The van der Waals surface area contributed by atoms with Crippen LogP contribution in [0.25, 0.3) is 16.2 Å². The van der Waals surface area contributed by atoms with Crippen molar-refractivity contribution in [3.63, 3.8) is 0 Å². The highest BCUT2D eigenvalue weighted by Crippen LogP contribution is 2.31. The quantitative estimate of drug-likeness (QED) is 0.449. The number of nitrogens with zero attached hydrogens (tertiary/aromatic N) is 4. The number of morpholine rings is 1. The zero-order valence-electron chi connectivity index (χ0n) is 21.1. The summed E-state index contributed by atoms with van der Waals surface area (Å²) in [6.45, 7) is 7.93. The summed E-state index contributed by atoms with van der Waals surface area (Å²) in [6.07, 6.45) is 5.06. The van der Waals surface area contributed by atoms with Crippen molar-refractivity contribution in [3.8, 4) is 0 Å². The molecule has 37 heavy (non-hydrogen) atoms. The number of hydrogen-bond donors (Lipinski definition) is 1. The van der Waals surface area contributed by atoms with Crippen LogP contribution in [0.15, 0.2) is 42.6 Å². The van der Waals surface area contributed by atoms with Gasteiger partial charge in [0, 0.05) is 60.6 Å². The van der Waals surface area contributed by atoms with Gasteiger partial charge in [-0.3, -0.25) is 15.0 Å². The van der Waals surface area contributed by atoms with Crippen molar-refractivity contribution < 1.29 is 14.3 Å². The van der Waals surface area contributed by atoms with E-state index in [0.29, 0.717) is 25.5 Å². The van der Waals surface area contributed by atoms with Crippen molar-refractivity contribution in [2.75, 3.05) is 51.8 Å². The summed E-state index contributed by atoms with van der Waals surface area (Å²) in [7, 11) is 1.82. The molecule has 0 saturated carbocycles. The number of nitrogens with one attached hydrogen (secondary N) is 1. The second-order valence-corrected chi connectivity index (χ2v) is 10.4. The first-order valence-electron chi connectivity index (χ1n) is 12.2. The number of urea groups is 1. The maximum absolute atomic E-state index is 12.8. The number of hydrogen-bond acceptors (Lipinski definition) is 6. The summed E-state index contributed by atoms with van der Waals surface area (Å²) in [4.78, 5) is 36.8. The number of carbonyl (C=O) groups excluding carboxylic acids is 2. The van der Waals surface area contributed by atoms with Crippen molar-refractivity contribution in [1.82, 2.24) is 19.7 Å². The van der Waals surface area contributed by atoms with Crippen molar-refractivity contribution >= 4 is 57.7 Å². The fourth-order valence-corrected chi connectivity index (χ4v) is 5.81. The van der Waals surface area contributed by atoms with Crippen LogP contribution in [0.1, 0.15) is 21.6 Å². The van der Waals surface area contributed by atoms with Gasteiger partial charge in [-0.15, -0.1) is 23.7 Å². The van der Waals surface area contributed by atoms with E-state index in [1.165, 1.54) is 20.5 Å². The fourth-order valence-electron chi connectivity index (χ4n) is 4.54. The van der Waals surface area contributed by atoms with Gasteiger partial charge in [0.15, 0.2) is 0 Å². The topological polar surface area (TPSA) is 78.0 Å². The standard InChI is InChI=1S/C27H31N5O3S.ClH/c1-19-22-5-3-4-6-23(22)36-24(19)18-30(2)25(33)8-7-20-15-21-17-32(27(34)29-26(21)28-16-20)10-9-31-11-13-35-14-12-31;/h3-8,15-16H,9-14,17-18H2,1-2H3,(H,28,29,34);1H/b8-7+;. The zero-order valence-corrected chi connectivity index (χ0v) is 22.7. The number of aryl methyl sites for hydroxylation is 1. The lowest BCUT2D eigenvalue weighted by molar-refractivity contribution is -0.125. The molecular formula is C27H32ClN5O3S. The van der Waals surface area contributed by atoms with Gasteiger partial charge in [0.2, 0.25) is 5.91 Å². The number of likely N-dealkylation sites (N-methyl/N-ethyl adjacent to an activating group) is 1. The molecule has 0 unspecified atom stereocenters. The molecular weight excluding hydrogens is 510 g/mol. The molecule has 0 spiro atoms. The molecule has 2 aliphatic heterocycles. The monoisotopic (exact) mass is 541 g/mol. The maximum Gasteiger partial charge on any atom is 0.323 e. The van der Waals surface area contributed by atoms with Crippen molar-refractivity contribution in [1.29, 1.82) is 0 Å². The molecule has 0 radical (unpaired) electrons. The molecule has 1 N–H and O–H groups in total. The molecule has 0 bridgehead atoms. The Labute approximate surface area is 227 Å². The lowest BCUT2D eigenvalue weighted by Gasteiger charge is -2.32. The predicted molar refractivity (Wildman–Crippen MR) is 150 cm³/mol. The van der Waals surface area contributed by atoms with Crippen LogP contribution in [0, 0.1) is 6.92 Å². The second kappa shape index (κ2) is 12.0. The lowest BCUT2D eigenvalue weighted by Crippen LogP contribution is -2.45. The number of thiophene rings is 1. The average molecular weight is 542 g/mol. The summed E-state index contributed by atoms with van der Waals surface area (Å²) in [5.74, 6) is 0.522. The molecule has 196 valence electrons. The number of aromatic nitrogens is 1. The smallest absolute Gasteiger partial charge is 0.323 e. The Morgan fingerprint density at radius 3 is 2.81 bits per heavy atom. The van der Waals surface area contributed by atoms with Gasteiger partial charge in [-0.25, -0.2) is 9.78 Å². The molecule has 2 aliphatic rings. The minimum absolute atomic E-state index is 0. The van der Waals surface area contributed by atoms with Gasteiger partial charge in [0.25, 0.3) is 0 Å². The second-order valence-electron chi connectivity index (χ2n) is 9.26. The Balaban J connectivity index is 0.00000320. The highest BCUT2D eigenvalue weighted by atomic mass is 35.5. The van der Waals surface area contributed by atoms with E-state index >= 15 is 0 Å². The number of ether oxygens (including phenoxy) is 1. The largest absolute Gasteiger partial charge is 0.379 e. The minimum atomic E-state index is -0.125. The SMILES string of the molecule is Cc1c(CN(C)C(=O)/C=C/c2cnc3c(c2)CN(CCN2CCOCC2)C(=O)N3)sc2ccccc12.Cl. The number of pyridine rings is 1. The van der Waals surface area contributed by atoms with E-state index in [1.807, 2.05) is 25.2 Å². The first-order valence-corrected chi connectivity index (χ1v) is 13.0. The maximum atomic E-state index is 12.8. The van der Waals surface area contributed by atoms with Crippen LogP contribution < -0.4 is 5.32 Å². The van der Waals surface area contributed by atoms with E-state index in [1.54, 1.807) is 39.5 Å². The first-order chi connectivity index (χ1) is 17.5. The van der Waals surface area contributed by atoms with Gasteiger partial charge < -0.3 is 14.5 Å². The molecule has 4 heterocycles. The summed E-state index contributed by atoms with van der Waals surface area (Å²) >= 11 is 1.74. The van der Waals surface area contributed by atoms with Crippen molar-refractivity contribution in [2.45, 2.75) is 20.0 Å². The molecule has 3 amide bonds. The van der Waals surface area contributed by atoms with E-state index in [2.05, 4.69) is 34.3 Å². The van der Waals surface area contributed by atoms with E-state index in [-0.39, 0.29) is 24.3 Å². The predicted octanol–water partition coefficient (Wildman–Crippen LogP) is 4.38. The van der Waals surface area contributed by atoms with Crippen LogP contribution in [0.5, 0.6) is 0 Å². The van der Waals surface area contributed by atoms with Gasteiger partial charge in [0.05, 0.1) is 26.3 Å². The minimum Gasteiger partial charge on any atom is -0.379 e. The van der Waals surface area contributed by atoms with Gasteiger partial charge in [-0.05, 0) is 41.6 Å². The fraction of sp³-hybridized carbons (Fsp3) is 0.370. The highest BCUT2D eigenvalue weighted by Gasteiger charge is 2.24. The van der Waals surface area contributed by atoms with E-state index in [0.717, 1.165) is 44.0 Å². The van der Waals surface area contributed by atoms with E-state index < -0.39 is 0 Å². The summed E-state index contributed by atoms with van der Waals surface area (Å²) in [5.41, 5.74) is 3.01. The summed E-state index contributed by atoms with van der Waals surface area (Å²) < 4.78 is 6.64. The Kier molecular flexibility index (Phi) is 8.81. The Bertz CT molecular complexity index is 1300. The molecule has 3 aromatic rings. The molecule has 1 saturated heterocycles. The Morgan fingerprint density at radius 2 is 2.03 bits per heavy atom. The van der Waals surface area contributed by atoms with Crippen molar-refractivity contribution in [3.05, 3.63) is 64.2 Å². The third-order valence-corrected chi connectivity index (χ3v) is 8.03. The van der Waals surface area contributed by atoms with Crippen LogP contribution in [0.2, 0.25) is 0 Å². The number of fused-ring (bicyclic) bond motifs is 2. The average Bonchev–Trinajstić information content (AvgIpc) is 3.21. The molecule has 0 aliphatic carbocycles. The number of halogens is 1. The highest BCUT2D eigenvalue weighted by molar-refractivity contribution is 7.19. The first kappa shape index (κ1) is 27.1. The van der Waals surface area contributed by atoms with Crippen LogP contribution in [0.4, 0.5) is 10.6 Å². The van der Waals surface area contributed by atoms with E-state index in [4.69, 9.17) is 4.74 Å². The molecule has 0 atom stereocenters. The molecule has 5 rings (SSSR count). The zero-order chi connectivity index (χ0) is 25.1. The molecule has 10 heteroatoms. The van der Waals surface area contributed by atoms with Crippen LogP contribution in [-0.2, 0) is 22.6 Å². The van der Waals surface area contributed by atoms with Gasteiger partial charge in [-0.2, -0.15) is 0 Å². The van der Waals surface area contributed by atoms with Crippen LogP contribution >= 0.6 is 23.7 Å². The van der Waals surface area contributed by atoms with Gasteiger partial charge >= 0.3 is 6.03 Å². The number of anilines is 1. The number of benzene rings is 1. The summed E-state index contributed by atoms with van der Waals surface area (Å²) in [5, 5.41) is 4.14. The van der Waals surface area contributed by atoms with Crippen molar-refractivity contribution in [2.24, 2.45) is 0 Å². The van der Waals surface area contributed by atoms with E-state index in [9.17, 15) is 9.59 Å². The normalized spacial score (nSPS) is 15.9.